The van der Waals surface area contributed by atoms with Crippen molar-refractivity contribution in [2.45, 2.75) is 18.7 Å². The van der Waals surface area contributed by atoms with Gasteiger partial charge in [0.1, 0.15) is 0 Å². The van der Waals surface area contributed by atoms with Crippen molar-refractivity contribution >= 4 is 23.4 Å². The van der Waals surface area contributed by atoms with Gasteiger partial charge in [-0.15, -0.1) is 11.8 Å². The molecule has 0 aliphatic heterocycles. The fraction of sp³-hybridized carbons (Fsp3) is 0.462. The topological polar surface area (TPSA) is 72.3 Å². The number of amides is 1. The highest BCUT2D eigenvalue weighted by atomic mass is 32.2. The van der Waals surface area contributed by atoms with Crippen molar-refractivity contribution < 1.29 is 4.79 Å². The number of carbonyl (C=O) groups is 1. The van der Waals surface area contributed by atoms with E-state index in [1.54, 1.807) is 23.9 Å². The van der Waals surface area contributed by atoms with Crippen molar-refractivity contribution in [2.75, 3.05) is 31.1 Å². The summed E-state index contributed by atoms with van der Waals surface area (Å²) in [6.07, 6.45) is 0. The van der Waals surface area contributed by atoms with E-state index in [9.17, 15) is 4.79 Å². The molecule has 0 saturated carbocycles. The van der Waals surface area contributed by atoms with Crippen LogP contribution in [0.2, 0.25) is 0 Å². The zero-order chi connectivity index (χ0) is 13.5. The zero-order valence-corrected chi connectivity index (χ0v) is 11.8. The number of rotatable bonds is 7. The Bertz CT molecular complexity index is 405. The average Bonchev–Trinajstić information content (AvgIpc) is 2.36. The van der Waals surface area contributed by atoms with Crippen LogP contribution in [0.15, 0.2) is 23.1 Å². The maximum atomic E-state index is 11.3. The minimum Gasteiger partial charge on any atom is -0.399 e. The molecule has 1 aromatic rings. The van der Waals surface area contributed by atoms with Gasteiger partial charge in [0.05, 0.1) is 5.56 Å². The SMILES string of the molecule is CCN(CC)CCSc1ccc(N)cc1C(N)=O. The molecule has 0 atom stereocenters. The number of nitrogen functional groups attached to an aromatic ring is 1. The number of carbonyl (C=O) groups excluding carboxylic acids is 1. The van der Waals surface area contributed by atoms with Crippen LogP contribution in [-0.2, 0) is 0 Å². The van der Waals surface area contributed by atoms with E-state index in [0.29, 0.717) is 11.3 Å². The molecule has 0 spiro atoms. The number of nitrogens with zero attached hydrogens (tertiary/aromatic N) is 1. The molecule has 0 unspecified atom stereocenters. The summed E-state index contributed by atoms with van der Waals surface area (Å²) >= 11 is 1.65. The Labute approximate surface area is 113 Å². The molecule has 0 bridgehead atoms. The van der Waals surface area contributed by atoms with Crippen molar-refractivity contribution in [1.29, 1.82) is 0 Å². The summed E-state index contributed by atoms with van der Waals surface area (Å²) in [5.74, 6) is 0.513. The van der Waals surface area contributed by atoms with Gasteiger partial charge in [0.25, 0.3) is 0 Å². The first-order chi connectivity index (χ1) is 8.58. The molecule has 0 aliphatic carbocycles. The second kappa shape index (κ2) is 7.28. The molecule has 18 heavy (non-hydrogen) atoms. The second-order valence-electron chi connectivity index (χ2n) is 4.00. The van der Waals surface area contributed by atoms with E-state index in [2.05, 4.69) is 18.7 Å². The molecule has 0 radical (unpaired) electrons. The normalized spacial score (nSPS) is 10.8. The summed E-state index contributed by atoms with van der Waals surface area (Å²) in [5, 5.41) is 0. The monoisotopic (exact) mass is 267 g/mol. The maximum absolute atomic E-state index is 11.3. The van der Waals surface area contributed by atoms with Gasteiger partial charge in [-0.3, -0.25) is 4.79 Å². The third-order valence-corrected chi connectivity index (χ3v) is 3.88. The fourth-order valence-electron chi connectivity index (χ4n) is 1.69. The van der Waals surface area contributed by atoms with Gasteiger partial charge in [-0.1, -0.05) is 13.8 Å². The largest absolute Gasteiger partial charge is 0.399 e. The van der Waals surface area contributed by atoms with Crippen LogP contribution in [0.25, 0.3) is 0 Å². The number of primary amides is 1. The van der Waals surface area contributed by atoms with Crippen LogP contribution in [0.5, 0.6) is 0 Å². The van der Waals surface area contributed by atoms with Gasteiger partial charge >= 0.3 is 0 Å². The molecule has 0 aliphatic rings. The van der Waals surface area contributed by atoms with E-state index >= 15 is 0 Å². The number of benzene rings is 1. The lowest BCUT2D eigenvalue weighted by Gasteiger charge is -2.17. The Hall–Kier alpha value is -1.20. The van der Waals surface area contributed by atoms with E-state index in [-0.39, 0.29) is 0 Å². The number of nitrogens with two attached hydrogens (primary N) is 2. The molecule has 0 fully saturated rings. The third kappa shape index (κ3) is 4.23. The van der Waals surface area contributed by atoms with Crippen LogP contribution in [0.1, 0.15) is 24.2 Å². The van der Waals surface area contributed by atoms with Gasteiger partial charge in [0.2, 0.25) is 5.91 Å². The molecule has 1 rings (SSSR count). The van der Waals surface area contributed by atoms with Crippen molar-refractivity contribution in [3.8, 4) is 0 Å². The lowest BCUT2D eigenvalue weighted by Crippen LogP contribution is -2.25. The number of hydrogen-bond donors (Lipinski definition) is 2. The molecule has 0 saturated heterocycles. The van der Waals surface area contributed by atoms with Gasteiger partial charge in [-0.25, -0.2) is 0 Å². The van der Waals surface area contributed by atoms with Gasteiger partial charge in [-0.05, 0) is 31.3 Å². The Morgan fingerprint density at radius 2 is 2.00 bits per heavy atom. The highest BCUT2D eigenvalue weighted by molar-refractivity contribution is 7.99. The van der Waals surface area contributed by atoms with Crippen LogP contribution in [-0.4, -0.2) is 36.2 Å². The number of thioether (sulfide) groups is 1. The maximum Gasteiger partial charge on any atom is 0.249 e. The molecule has 4 nitrogen and oxygen atoms in total. The van der Waals surface area contributed by atoms with Crippen LogP contribution in [0.4, 0.5) is 5.69 Å². The lowest BCUT2D eigenvalue weighted by atomic mass is 10.2. The minimum absolute atomic E-state index is 0.423. The van der Waals surface area contributed by atoms with Crippen molar-refractivity contribution in [3.05, 3.63) is 23.8 Å². The summed E-state index contributed by atoms with van der Waals surface area (Å²) in [6.45, 7) is 7.38. The molecule has 0 aromatic heterocycles. The Kier molecular flexibility index (Phi) is 6.01. The predicted molar refractivity (Wildman–Crippen MR) is 77.9 cm³/mol. The number of anilines is 1. The molecule has 1 aromatic carbocycles. The standard InChI is InChI=1S/C13H21N3OS/c1-3-16(4-2)7-8-18-12-6-5-10(14)9-11(12)13(15)17/h5-6,9H,3-4,7-8,14H2,1-2H3,(H2,15,17). The molecular weight excluding hydrogens is 246 g/mol. The van der Waals surface area contributed by atoms with Gasteiger partial charge in [0.15, 0.2) is 0 Å². The second-order valence-corrected chi connectivity index (χ2v) is 5.13. The van der Waals surface area contributed by atoms with Gasteiger partial charge in [-0.2, -0.15) is 0 Å². The summed E-state index contributed by atoms with van der Waals surface area (Å²) in [5.41, 5.74) is 12.1. The van der Waals surface area contributed by atoms with Gasteiger partial charge < -0.3 is 16.4 Å². The van der Waals surface area contributed by atoms with Crippen molar-refractivity contribution in [1.82, 2.24) is 4.90 Å². The van der Waals surface area contributed by atoms with Crippen molar-refractivity contribution in [2.24, 2.45) is 5.73 Å². The molecule has 1 amide bonds. The zero-order valence-electron chi connectivity index (χ0n) is 11.0. The summed E-state index contributed by atoms with van der Waals surface area (Å²) in [7, 11) is 0. The minimum atomic E-state index is -0.423. The van der Waals surface area contributed by atoms with E-state index in [1.807, 2.05) is 6.07 Å². The fourth-order valence-corrected chi connectivity index (χ4v) is 2.74. The Balaban J connectivity index is 2.64. The van der Waals surface area contributed by atoms with Crippen LogP contribution >= 0.6 is 11.8 Å². The van der Waals surface area contributed by atoms with E-state index in [0.717, 1.165) is 30.3 Å². The summed E-state index contributed by atoms with van der Waals surface area (Å²) in [6, 6.07) is 5.30. The van der Waals surface area contributed by atoms with Crippen LogP contribution in [0, 0.1) is 0 Å². The Morgan fingerprint density at radius 3 is 2.56 bits per heavy atom. The molecule has 5 heteroatoms. The van der Waals surface area contributed by atoms with E-state index in [1.165, 1.54) is 0 Å². The summed E-state index contributed by atoms with van der Waals surface area (Å²) < 4.78 is 0. The van der Waals surface area contributed by atoms with Crippen LogP contribution < -0.4 is 11.5 Å². The smallest absolute Gasteiger partial charge is 0.249 e. The van der Waals surface area contributed by atoms with E-state index in [4.69, 9.17) is 11.5 Å². The molecular formula is C13H21N3OS. The van der Waals surface area contributed by atoms with Crippen LogP contribution in [0.3, 0.4) is 0 Å². The lowest BCUT2D eigenvalue weighted by molar-refractivity contribution is 0.0997. The Morgan fingerprint density at radius 1 is 1.33 bits per heavy atom. The third-order valence-electron chi connectivity index (χ3n) is 2.83. The highest BCUT2D eigenvalue weighted by Crippen LogP contribution is 2.24. The predicted octanol–water partition coefficient (Wildman–Crippen LogP) is 1.80. The highest BCUT2D eigenvalue weighted by Gasteiger charge is 2.09. The van der Waals surface area contributed by atoms with Gasteiger partial charge in [0, 0.05) is 22.9 Å². The first-order valence-electron chi connectivity index (χ1n) is 6.13. The number of hydrogen-bond acceptors (Lipinski definition) is 4. The molecule has 0 heterocycles. The molecule has 4 N–H and O–H groups in total. The average molecular weight is 267 g/mol. The molecule has 100 valence electrons. The van der Waals surface area contributed by atoms with Crippen molar-refractivity contribution in [3.63, 3.8) is 0 Å². The summed E-state index contributed by atoms with van der Waals surface area (Å²) in [4.78, 5) is 14.6. The first kappa shape index (κ1) is 14.9. The quantitative estimate of drug-likeness (QED) is 0.583. The first-order valence-corrected chi connectivity index (χ1v) is 7.11. The van der Waals surface area contributed by atoms with E-state index < -0.39 is 5.91 Å².